The molecule has 0 fully saturated rings. The van der Waals surface area contributed by atoms with Gasteiger partial charge in [0.25, 0.3) is 0 Å². The first-order valence-electron chi connectivity index (χ1n) is 10.7. The highest BCUT2D eigenvalue weighted by Crippen LogP contribution is 2.65. The molecular formula is C26H31O2PS2. The highest BCUT2D eigenvalue weighted by Gasteiger charge is 2.30. The van der Waals surface area contributed by atoms with Crippen LogP contribution in [0.3, 0.4) is 0 Å². The first-order valence-corrected chi connectivity index (χ1v) is 14.8. The molecule has 3 aromatic carbocycles. The molecule has 0 aliphatic rings. The van der Waals surface area contributed by atoms with Crippen molar-refractivity contribution in [2.24, 2.45) is 0 Å². The fourth-order valence-electron chi connectivity index (χ4n) is 3.36. The van der Waals surface area contributed by atoms with Crippen LogP contribution in [-0.2, 0) is 11.8 Å². The van der Waals surface area contributed by atoms with Crippen LogP contribution in [0.2, 0.25) is 0 Å². The molecule has 0 bridgehead atoms. The van der Waals surface area contributed by atoms with Crippen molar-refractivity contribution in [1.82, 2.24) is 0 Å². The summed E-state index contributed by atoms with van der Waals surface area (Å²) in [6.07, 6.45) is 0. The standard InChI is InChI=1S/C26H31O2PS2/c1-19(2)23-15-9-11-17-25(23)27-29(30,31-21(5)22-13-7-6-8-14-22)28-26-18-12-10-16-24(26)20(3)4/h6-21H,1-5H3. The third-order valence-electron chi connectivity index (χ3n) is 5.06. The summed E-state index contributed by atoms with van der Waals surface area (Å²) in [7, 11) is 0. The number of para-hydroxylation sites is 2. The molecule has 3 rings (SSSR count). The van der Waals surface area contributed by atoms with Crippen LogP contribution in [0.25, 0.3) is 0 Å². The van der Waals surface area contributed by atoms with Gasteiger partial charge in [-0.1, -0.05) is 94.4 Å². The van der Waals surface area contributed by atoms with E-state index in [1.807, 2.05) is 42.5 Å². The Bertz CT molecular complexity index is 977. The maximum atomic E-state index is 6.59. The summed E-state index contributed by atoms with van der Waals surface area (Å²) in [6.45, 7) is 10.8. The number of hydrogen-bond acceptors (Lipinski definition) is 4. The summed E-state index contributed by atoms with van der Waals surface area (Å²) in [5, 5.41) is 0.143. The van der Waals surface area contributed by atoms with Crippen LogP contribution in [0, 0.1) is 0 Å². The van der Waals surface area contributed by atoms with E-state index in [9.17, 15) is 0 Å². The third kappa shape index (κ3) is 6.38. The predicted octanol–water partition coefficient (Wildman–Crippen LogP) is 9.11. The molecule has 0 spiro atoms. The largest absolute Gasteiger partial charge is 0.428 e. The fourth-order valence-corrected chi connectivity index (χ4v) is 8.88. The zero-order valence-corrected chi connectivity index (χ0v) is 21.3. The average Bonchev–Trinajstić information content (AvgIpc) is 2.74. The Morgan fingerprint density at radius 2 is 1.06 bits per heavy atom. The minimum absolute atomic E-state index is 0.143. The van der Waals surface area contributed by atoms with E-state index >= 15 is 0 Å². The van der Waals surface area contributed by atoms with Crippen molar-refractivity contribution in [1.29, 1.82) is 0 Å². The van der Waals surface area contributed by atoms with Crippen molar-refractivity contribution in [3.63, 3.8) is 0 Å². The maximum Gasteiger partial charge on any atom is 0.349 e. The van der Waals surface area contributed by atoms with Crippen LogP contribution >= 0.6 is 17.1 Å². The monoisotopic (exact) mass is 470 g/mol. The molecule has 0 saturated carbocycles. The van der Waals surface area contributed by atoms with Crippen molar-refractivity contribution < 1.29 is 9.05 Å². The van der Waals surface area contributed by atoms with Gasteiger partial charge in [-0.05, 0) is 70.8 Å². The van der Waals surface area contributed by atoms with Crippen molar-refractivity contribution in [3.05, 3.63) is 95.6 Å². The van der Waals surface area contributed by atoms with Crippen molar-refractivity contribution in [2.75, 3.05) is 0 Å². The molecule has 1 unspecified atom stereocenters. The Labute approximate surface area is 196 Å². The highest BCUT2D eigenvalue weighted by molar-refractivity contribution is 8.68. The summed E-state index contributed by atoms with van der Waals surface area (Å²) in [6, 6.07) is 26.7. The fraction of sp³-hybridized carbons (Fsp3) is 0.308. The van der Waals surface area contributed by atoms with Gasteiger partial charge >= 0.3 is 5.69 Å². The Hall–Kier alpha value is -1.74. The van der Waals surface area contributed by atoms with Gasteiger partial charge in [-0.3, -0.25) is 0 Å². The molecule has 0 heterocycles. The Morgan fingerprint density at radius 1 is 0.645 bits per heavy atom. The van der Waals surface area contributed by atoms with Crippen LogP contribution < -0.4 is 9.05 Å². The van der Waals surface area contributed by atoms with Crippen LogP contribution in [0.1, 0.15) is 68.4 Å². The molecule has 0 amide bonds. The summed E-state index contributed by atoms with van der Waals surface area (Å²) in [4.78, 5) is 0. The molecular weight excluding hydrogens is 439 g/mol. The molecule has 3 aromatic rings. The van der Waals surface area contributed by atoms with Gasteiger partial charge in [0.05, 0.1) is 0 Å². The molecule has 1 atom stereocenters. The maximum absolute atomic E-state index is 6.59. The lowest BCUT2D eigenvalue weighted by atomic mass is 10.0. The van der Waals surface area contributed by atoms with E-state index in [-0.39, 0.29) is 5.25 Å². The molecule has 0 aromatic heterocycles. The minimum Gasteiger partial charge on any atom is -0.428 e. The summed E-state index contributed by atoms with van der Waals surface area (Å²) in [5.41, 5.74) is 0.731. The molecule has 0 aliphatic carbocycles. The summed E-state index contributed by atoms with van der Waals surface area (Å²) >= 11 is 7.78. The van der Waals surface area contributed by atoms with Gasteiger partial charge < -0.3 is 9.05 Å². The first kappa shape index (κ1) is 23.9. The summed E-state index contributed by atoms with van der Waals surface area (Å²) < 4.78 is 13.2. The van der Waals surface area contributed by atoms with Crippen molar-refractivity contribution in [2.45, 2.75) is 51.7 Å². The van der Waals surface area contributed by atoms with E-state index in [4.69, 9.17) is 20.9 Å². The van der Waals surface area contributed by atoms with E-state index in [2.05, 4.69) is 71.0 Å². The molecule has 2 nitrogen and oxygen atoms in total. The van der Waals surface area contributed by atoms with Gasteiger partial charge in [0.1, 0.15) is 11.5 Å². The van der Waals surface area contributed by atoms with Gasteiger partial charge in [-0.15, -0.1) is 0 Å². The lowest BCUT2D eigenvalue weighted by Gasteiger charge is -2.28. The van der Waals surface area contributed by atoms with Crippen LogP contribution in [0.5, 0.6) is 11.5 Å². The van der Waals surface area contributed by atoms with Gasteiger partial charge in [0.15, 0.2) is 0 Å². The van der Waals surface area contributed by atoms with Gasteiger partial charge in [0.2, 0.25) is 0 Å². The zero-order valence-electron chi connectivity index (χ0n) is 18.8. The number of hydrogen-bond donors (Lipinski definition) is 0. The number of benzene rings is 3. The summed E-state index contributed by atoms with van der Waals surface area (Å²) in [5.74, 6) is 2.30. The Morgan fingerprint density at radius 3 is 1.52 bits per heavy atom. The van der Waals surface area contributed by atoms with E-state index in [0.717, 1.165) is 22.6 Å². The van der Waals surface area contributed by atoms with Crippen molar-refractivity contribution >= 4 is 28.9 Å². The number of rotatable bonds is 9. The van der Waals surface area contributed by atoms with Gasteiger partial charge in [-0.2, -0.15) is 0 Å². The van der Waals surface area contributed by atoms with Gasteiger partial charge in [-0.25, -0.2) is 0 Å². The average molecular weight is 471 g/mol. The first-order chi connectivity index (χ1) is 14.8. The lowest BCUT2D eigenvalue weighted by Crippen LogP contribution is -2.04. The second-order valence-electron chi connectivity index (χ2n) is 8.17. The lowest BCUT2D eigenvalue weighted by molar-refractivity contribution is 0.495. The SMILES string of the molecule is CC(C)c1ccccc1OP(=S)(Oc1ccccc1C(C)C)SC(C)c1ccccc1. The van der Waals surface area contributed by atoms with E-state index in [1.165, 1.54) is 5.56 Å². The normalized spacial score (nSPS) is 12.7. The van der Waals surface area contributed by atoms with Crippen LogP contribution in [0.15, 0.2) is 78.9 Å². The van der Waals surface area contributed by atoms with Crippen LogP contribution in [0.4, 0.5) is 0 Å². The molecule has 31 heavy (non-hydrogen) atoms. The molecule has 0 saturated heterocycles. The topological polar surface area (TPSA) is 18.5 Å². The molecule has 0 aliphatic heterocycles. The minimum atomic E-state index is -2.77. The third-order valence-corrected chi connectivity index (χ3v) is 10.1. The molecule has 164 valence electrons. The highest BCUT2D eigenvalue weighted by atomic mass is 32.9. The zero-order chi connectivity index (χ0) is 22.4. The Balaban J connectivity index is 1.99. The molecule has 5 heteroatoms. The van der Waals surface area contributed by atoms with E-state index in [1.54, 1.807) is 11.4 Å². The van der Waals surface area contributed by atoms with Crippen LogP contribution in [-0.4, -0.2) is 0 Å². The second-order valence-corrected chi connectivity index (χ2v) is 14.6. The molecule has 0 N–H and O–H groups in total. The van der Waals surface area contributed by atoms with E-state index < -0.39 is 5.69 Å². The second kappa shape index (κ2) is 10.7. The predicted molar refractivity (Wildman–Crippen MR) is 139 cm³/mol. The quantitative estimate of drug-likeness (QED) is 0.290. The van der Waals surface area contributed by atoms with E-state index in [0.29, 0.717) is 11.8 Å². The Kier molecular flexibility index (Phi) is 8.27. The smallest absolute Gasteiger partial charge is 0.349 e. The van der Waals surface area contributed by atoms with Gasteiger partial charge in [0, 0.05) is 5.25 Å². The van der Waals surface area contributed by atoms with Crippen molar-refractivity contribution in [3.8, 4) is 11.5 Å². The molecule has 0 radical (unpaired) electrons.